The molecule has 1 amide bonds. The number of carbonyl (C=O) groups is 1. The second-order valence-corrected chi connectivity index (χ2v) is 5.76. The maximum Gasteiger partial charge on any atom is 0.410 e. The molecule has 1 atom stereocenters. The van der Waals surface area contributed by atoms with Crippen LogP contribution in [0.3, 0.4) is 0 Å². The van der Waals surface area contributed by atoms with Gasteiger partial charge >= 0.3 is 6.09 Å². The summed E-state index contributed by atoms with van der Waals surface area (Å²) in [6, 6.07) is 0. The Bertz CT molecular complexity index is 276. The standard InChI is InChI=1S/C12H21NO3/c1-11(2,3)16-10(14)13-7-6-12(13)5-4-8-15-9-12/h4-9H2,1-3H3. The molecule has 0 saturated carbocycles. The molecule has 0 aliphatic carbocycles. The van der Waals surface area contributed by atoms with Crippen molar-refractivity contribution in [2.75, 3.05) is 19.8 Å². The van der Waals surface area contributed by atoms with E-state index in [9.17, 15) is 4.79 Å². The number of hydrogen-bond donors (Lipinski definition) is 0. The van der Waals surface area contributed by atoms with E-state index in [1.807, 2.05) is 25.7 Å². The van der Waals surface area contributed by atoms with Crippen LogP contribution in [-0.4, -0.2) is 41.9 Å². The predicted octanol–water partition coefficient (Wildman–Crippen LogP) is 2.18. The van der Waals surface area contributed by atoms with E-state index in [-0.39, 0.29) is 11.6 Å². The van der Waals surface area contributed by atoms with Crippen LogP contribution in [0, 0.1) is 0 Å². The molecule has 0 N–H and O–H groups in total. The summed E-state index contributed by atoms with van der Waals surface area (Å²) >= 11 is 0. The molecule has 0 aromatic rings. The Morgan fingerprint density at radius 1 is 1.38 bits per heavy atom. The summed E-state index contributed by atoms with van der Waals surface area (Å²) in [5.74, 6) is 0. The zero-order chi connectivity index (χ0) is 11.8. The minimum atomic E-state index is -0.413. The largest absolute Gasteiger partial charge is 0.444 e. The fourth-order valence-corrected chi connectivity index (χ4v) is 2.39. The number of rotatable bonds is 0. The van der Waals surface area contributed by atoms with Crippen molar-refractivity contribution in [2.24, 2.45) is 0 Å². The number of nitrogens with zero attached hydrogens (tertiary/aromatic N) is 1. The van der Waals surface area contributed by atoms with Crippen LogP contribution in [0.4, 0.5) is 4.79 Å². The van der Waals surface area contributed by atoms with E-state index in [4.69, 9.17) is 9.47 Å². The number of amides is 1. The molecule has 0 bridgehead atoms. The van der Waals surface area contributed by atoms with E-state index >= 15 is 0 Å². The Hall–Kier alpha value is -0.770. The zero-order valence-corrected chi connectivity index (χ0v) is 10.4. The van der Waals surface area contributed by atoms with Crippen LogP contribution in [0.2, 0.25) is 0 Å². The third-order valence-corrected chi connectivity index (χ3v) is 3.29. The summed E-state index contributed by atoms with van der Waals surface area (Å²) in [4.78, 5) is 13.8. The first-order chi connectivity index (χ1) is 7.43. The van der Waals surface area contributed by atoms with Crippen LogP contribution in [0.25, 0.3) is 0 Å². The van der Waals surface area contributed by atoms with E-state index in [1.54, 1.807) is 0 Å². The molecule has 2 aliphatic rings. The van der Waals surface area contributed by atoms with Gasteiger partial charge in [-0.3, -0.25) is 0 Å². The summed E-state index contributed by atoms with van der Waals surface area (Å²) in [6.07, 6.45) is 2.95. The van der Waals surface area contributed by atoms with Gasteiger partial charge in [0.1, 0.15) is 5.60 Å². The average Bonchev–Trinajstić information content (AvgIpc) is 2.14. The van der Waals surface area contributed by atoms with Crippen LogP contribution in [0.15, 0.2) is 0 Å². The van der Waals surface area contributed by atoms with Gasteiger partial charge < -0.3 is 14.4 Å². The molecule has 2 rings (SSSR count). The highest BCUT2D eigenvalue weighted by Crippen LogP contribution is 2.38. The lowest BCUT2D eigenvalue weighted by molar-refractivity contribution is -0.107. The van der Waals surface area contributed by atoms with Gasteiger partial charge in [0.15, 0.2) is 0 Å². The van der Waals surface area contributed by atoms with Crippen LogP contribution in [0.1, 0.15) is 40.0 Å². The van der Waals surface area contributed by atoms with Gasteiger partial charge in [0.25, 0.3) is 0 Å². The zero-order valence-electron chi connectivity index (χ0n) is 10.4. The van der Waals surface area contributed by atoms with Crippen LogP contribution in [0.5, 0.6) is 0 Å². The van der Waals surface area contributed by atoms with Gasteiger partial charge in [0, 0.05) is 13.2 Å². The molecule has 1 spiro atoms. The molecule has 0 aromatic heterocycles. The van der Waals surface area contributed by atoms with E-state index in [0.717, 1.165) is 32.4 Å². The number of likely N-dealkylation sites (tertiary alicyclic amines) is 1. The van der Waals surface area contributed by atoms with E-state index in [1.165, 1.54) is 0 Å². The quantitative estimate of drug-likeness (QED) is 0.636. The average molecular weight is 227 g/mol. The first-order valence-corrected chi connectivity index (χ1v) is 6.01. The highest BCUT2D eigenvalue weighted by Gasteiger charge is 2.49. The van der Waals surface area contributed by atoms with Crippen molar-refractivity contribution in [3.8, 4) is 0 Å². The minimum absolute atomic E-state index is 0.0550. The minimum Gasteiger partial charge on any atom is -0.444 e. The fourth-order valence-electron chi connectivity index (χ4n) is 2.39. The fraction of sp³-hybridized carbons (Fsp3) is 0.917. The molecule has 4 nitrogen and oxygen atoms in total. The van der Waals surface area contributed by atoms with Gasteiger partial charge in [-0.05, 0) is 40.0 Å². The van der Waals surface area contributed by atoms with Crippen LogP contribution < -0.4 is 0 Å². The van der Waals surface area contributed by atoms with Gasteiger partial charge in [-0.25, -0.2) is 4.79 Å². The highest BCUT2D eigenvalue weighted by atomic mass is 16.6. The lowest BCUT2D eigenvalue weighted by atomic mass is 9.80. The summed E-state index contributed by atoms with van der Waals surface area (Å²) in [7, 11) is 0. The molecule has 2 aliphatic heterocycles. The second kappa shape index (κ2) is 3.91. The summed E-state index contributed by atoms with van der Waals surface area (Å²) in [6.45, 7) is 7.99. The van der Waals surface area contributed by atoms with Crippen LogP contribution >= 0.6 is 0 Å². The van der Waals surface area contributed by atoms with Crippen molar-refractivity contribution in [1.29, 1.82) is 0 Å². The van der Waals surface area contributed by atoms with Crippen molar-refractivity contribution in [2.45, 2.75) is 51.2 Å². The third-order valence-electron chi connectivity index (χ3n) is 3.29. The third kappa shape index (κ3) is 2.17. The Labute approximate surface area is 96.9 Å². The Morgan fingerprint density at radius 3 is 2.56 bits per heavy atom. The van der Waals surface area contributed by atoms with E-state index in [0.29, 0.717) is 6.61 Å². The Balaban J connectivity index is 1.97. The number of carbonyl (C=O) groups excluding carboxylic acids is 1. The lowest BCUT2D eigenvalue weighted by Gasteiger charge is -2.53. The van der Waals surface area contributed by atoms with E-state index < -0.39 is 5.60 Å². The monoisotopic (exact) mass is 227 g/mol. The van der Waals surface area contributed by atoms with Crippen molar-refractivity contribution in [3.05, 3.63) is 0 Å². The molecular formula is C12H21NO3. The SMILES string of the molecule is CC(C)(C)OC(=O)N1CCC12CCCOC2. The summed E-state index contributed by atoms with van der Waals surface area (Å²) in [5.41, 5.74) is -0.468. The van der Waals surface area contributed by atoms with Gasteiger partial charge in [-0.2, -0.15) is 0 Å². The molecule has 0 radical (unpaired) electrons. The summed E-state index contributed by atoms with van der Waals surface area (Å²) in [5, 5.41) is 0. The normalized spacial score (nSPS) is 30.1. The Morgan fingerprint density at radius 2 is 2.12 bits per heavy atom. The Kier molecular flexibility index (Phi) is 2.86. The van der Waals surface area contributed by atoms with Crippen molar-refractivity contribution in [3.63, 3.8) is 0 Å². The maximum atomic E-state index is 12.0. The molecule has 1 unspecified atom stereocenters. The topological polar surface area (TPSA) is 38.8 Å². The van der Waals surface area contributed by atoms with Crippen molar-refractivity contribution >= 4 is 6.09 Å². The molecule has 16 heavy (non-hydrogen) atoms. The molecule has 2 fully saturated rings. The van der Waals surface area contributed by atoms with Gasteiger partial charge in [0.2, 0.25) is 0 Å². The molecule has 4 heteroatoms. The number of hydrogen-bond acceptors (Lipinski definition) is 3. The lowest BCUT2D eigenvalue weighted by Crippen LogP contribution is -2.66. The molecule has 2 saturated heterocycles. The highest BCUT2D eigenvalue weighted by molar-refractivity contribution is 5.70. The van der Waals surface area contributed by atoms with E-state index in [2.05, 4.69) is 0 Å². The van der Waals surface area contributed by atoms with Gasteiger partial charge in [0.05, 0.1) is 12.1 Å². The first kappa shape index (κ1) is 11.7. The smallest absolute Gasteiger partial charge is 0.410 e. The van der Waals surface area contributed by atoms with Gasteiger partial charge in [-0.1, -0.05) is 0 Å². The molecule has 0 aromatic carbocycles. The molecule has 92 valence electrons. The number of ether oxygens (including phenoxy) is 2. The molecular weight excluding hydrogens is 206 g/mol. The van der Waals surface area contributed by atoms with Crippen molar-refractivity contribution < 1.29 is 14.3 Å². The predicted molar refractivity (Wildman–Crippen MR) is 60.3 cm³/mol. The summed E-state index contributed by atoms with van der Waals surface area (Å²) < 4.78 is 10.9. The maximum absolute atomic E-state index is 12.0. The van der Waals surface area contributed by atoms with Crippen molar-refractivity contribution in [1.82, 2.24) is 4.90 Å². The van der Waals surface area contributed by atoms with Crippen LogP contribution in [-0.2, 0) is 9.47 Å². The second-order valence-electron chi connectivity index (χ2n) is 5.76. The first-order valence-electron chi connectivity index (χ1n) is 6.01. The molecule has 2 heterocycles. The van der Waals surface area contributed by atoms with Gasteiger partial charge in [-0.15, -0.1) is 0 Å².